The number of hydrogen-bond donors (Lipinski definition) is 0. The normalized spacial score (nSPS) is 11.0. The molecular formula is C11H13NO3. The summed E-state index contributed by atoms with van der Waals surface area (Å²) in [7, 11) is 2.91. The Morgan fingerprint density at radius 2 is 2.13 bits per heavy atom. The van der Waals surface area contributed by atoms with Crippen molar-refractivity contribution in [2.24, 2.45) is 0 Å². The van der Waals surface area contributed by atoms with Crippen LogP contribution >= 0.6 is 0 Å². The maximum absolute atomic E-state index is 11.1. The van der Waals surface area contributed by atoms with Gasteiger partial charge in [0, 0.05) is 17.8 Å². The van der Waals surface area contributed by atoms with Gasteiger partial charge in [0.05, 0.1) is 14.2 Å². The molecule has 1 aromatic heterocycles. The van der Waals surface area contributed by atoms with Gasteiger partial charge in [-0.15, -0.1) is 0 Å². The van der Waals surface area contributed by atoms with Crippen LogP contribution < -0.4 is 4.74 Å². The lowest BCUT2D eigenvalue weighted by atomic mass is 10.2. The van der Waals surface area contributed by atoms with Gasteiger partial charge in [-0.2, -0.15) is 0 Å². The molecule has 0 amide bonds. The minimum atomic E-state index is -0.342. The van der Waals surface area contributed by atoms with Gasteiger partial charge in [0.25, 0.3) is 0 Å². The average molecular weight is 207 g/mol. The van der Waals surface area contributed by atoms with Gasteiger partial charge in [-0.25, -0.2) is 9.78 Å². The fourth-order valence-electron chi connectivity index (χ4n) is 1.07. The van der Waals surface area contributed by atoms with E-state index in [1.165, 1.54) is 7.11 Å². The van der Waals surface area contributed by atoms with E-state index in [1.807, 2.05) is 6.07 Å². The van der Waals surface area contributed by atoms with Gasteiger partial charge in [-0.1, -0.05) is 0 Å². The topological polar surface area (TPSA) is 48.4 Å². The quantitative estimate of drug-likeness (QED) is 0.558. The maximum Gasteiger partial charge on any atom is 0.333 e. The van der Waals surface area contributed by atoms with E-state index in [4.69, 9.17) is 4.74 Å². The Bertz CT molecular complexity index is 368. The van der Waals surface area contributed by atoms with Crippen LogP contribution in [0, 0.1) is 0 Å². The highest BCUT2D eigenvalue weighted by Crippen LogP contribution is 2.10. The van der Waals surface area contributed by atoms with E-state index in [9.17, 15) is 4.79 Å². The second-order valence-corrected chi connectivity index (χ2v) is 2.95. The van der Waals surface area contributed by atoms with Gasteiger partial charge >= 0.3 is 5.97 Å². The summed E-state index contributed by atoms with van der Waals surface area (Å²) in [5.41, 5.74) is 1.36. The van der Waals surface area contributed by atoms with Gasteiger partial charge in [0.2, 0.25) is 5.88 Å². The Hall–Kier alpha value is -1.84. The van der Waals surface area contributed by atoms with E-state index in [0.717, 1.165) is 5.56 Å². The number of rotatable bonds is 3. The lowest BCUT2D eigenvalue weighted by Crippen LogP contribution is -2.01. The Balaban J connectivity index is 2.84. The molecule has 0 aliphatic rings. The minimum absolute atomic E-state index is 0.342. The molecule has 80 valence electrons. The van der Waals surface area contributed by atoms with Crippen molar-refractivity contribution in [2.45, 2.75) is 6.92 Å². The van der Waals surface area contributed by atoms with E-state index in [1.54, 1.807) is 32.4 Å². The molecule has 0 saturated carbocycles. The van der Waals surface area contributed by atoms with Crippen molar-refractivity contribution >= 4 is 12.0 Å². The maximum atomic E-state index is 11.1. The second kappa shape index (κ2) is 5.14. The van der Waals surface area contributed by atoms with Crippen LogP contribution in [-0.2, 0) is 9.53 Å². The predicted molar refractivity (Wildman–Crippen MR) is 56.5 cm³/mol. The van der Waals surface area contributed by atoms with Crippen molar-refractivity contribution in [1.82, 2.24) is 4.98 Å². The molecule has 0 unspecified atom stereocenters. The number of aromatic nitrogens is 1. The second-order valence-electron chi connectivity index (χ2n) is 2.95. The van der Waals surface area contributed by atoms with Crippen LogP contribution in [0.3, 0.4) is 0 Å². The summed E-state index contributed by atoms with van der Waals surface area (Å²) in [5, 5.41) is 0. The van der Waals surface area contributed by atoms with Crippen LogP contribution in [0.4, 0.5) is 0 Å². The largest absolute Gasteiger partial charge is 0.481 e. The number of hydrogen-bond acceptors (Lipinski definition) is 4. The van der Waals surface area contributed by atoms with E-state index in [2.05, 4.69) is 9.72 Å². The Kier molecular flexibility index (Phi) is 3.85. The molecule has 1 aromatic rings. The minimum Gasteiger partial charge on any atom is -0.481 e. The van der Waals surface area contributed by atoms with Crippen molar-refractivity contribution < 1.29 is 14.3 Å². The smallest absolute Gasteiger partial charge is 0.333 e. The van der Waals surface area contributed by atoms with Gasteiger partial charge in [-0.05, 0) is 24.6 Å². The molecule has 0 radical (unpaired) electrons. The molecule has 4 nitrogen and oxygen atoms in total. The number of carbonyl (C=O) groups excluding carboxylic acids is 1. The van der Waals surface area contributed by atoms with Crippen molar-refractivity contribution in [2.75, 3.05) is 14.2 Å². The first-order valence-electron chi connectivity index (χ1n) is 4.44. The molecule has 0 N–H and O–H groups in total. The number of carbonyl (C=O) groups is 1. The summed E-state index contributed by atoms with van der Waals surface area (Å²) in [6.45, 7) is 1.69. The fourth-order valence-corrected chi connectivity index (χ4v) is 1.07. The van der Waals surface area contributed by atoms with Crippen LogP contribution in [0.1, 0.15) is 12.5 Å². The molecule has 0 aliphatic carbocycles. The number of esters is 1. The first-order chi connectivity index (χ1) is 7.17. The standard InChI is InChI=1S/C11H13NO3/c1-8(11(13)15-3)6-9-4-5-10(14-2)12-7-9/h4-7H,1-3H3. The van der Waals surface area contributed by atoms with Crippen LogP contribution in [-0.4, -0.2) is 25.2 Å². The molecular weight excluding hydrogens is 194 g/mol. The molecule has 0 spiro atoms. The van der Waals surface area contributed by atoms with Gasteiger partial charge < -0.3 is 9.47 Å². The van der Waals surface area contributed by atoms with Crippen molar-refractivity contribution in [3.8, 4) is 5.88 Å². The Labute approximate surface area is 88.5 Å². The van der Waals surface area contributed by atoms with Gasteiger partial charge in [0.1, 0.15) is 0 Å². The molecule has 0 aromatic carbocycles. The van der Waals surface area contributed by atoms with Gasteiger partial charge in [-0.3, -0.25) is 0 Å². The lowest BCUT2D eigenvalue weighted by molar-refractivity contribution is -0.135. The third kappa shape index (κ3) is 3.09. The van der Waals surface area contributed by atoms with Crippen LogP contribution in [0.15, 0.2) is 23.9 Å². The van der Waals surface area contributed by atoms with E-state index in [-0.39, 0.29) is 5.97 Å². The predicted octanol–water partition coefficient (Wildman–Crippen LogP) is 1.67. The summed E-state index contributed by atoms with van der Waals surface area (Å²) in [5.74, 6) is 0.202. The summed E-state index contributed by atoms with van der Waals surface area (Å²) in [6.07, 6.45) is 3.34. The number of methoxy groups -OCH3 is 2. The first-order valence-corrected chi connectivity index (χ1v) is 4.44. The van der Waals surface area contributed by atoms with Crippen molar-refractivity contribution in [3.05, 3.63) is 29.5 Å². The zero-order valence-corrected chi connectivity index (χ0v) is 8.98. The molecule has 0 atom stereocenters. The van der Waals surface area contributed by atoms with E-state index >= 15 is 0 Å². The molecule has 0 fully saturated rings. The lowest BCUT2D eigenvalue weighted by Gasteiger charge is -2.00. The molecule has 1 heterocycles. The van der Waals surface area contributed by atoms with E-state index < -0.39 is 0 Å². The van der Waals surface area contributed by atoms with Crippen molar-refractivity contribution in [3.63, 3.8) is 0 Å². The summed E-state index contributed by atoms with van der Waals surface area (Å²) < 4.78 is 9.50. The third-order valence-corrected chi connectivity index (χ3v) is 1.86. The molecule has 15 heavy (non-hydrogen) atoms. The monoisotopic (exact) mass is 207 g/mol. The van der Waals surface area contributed by atoms with Gasteiger partial charge in [0.15, 0.2) is 0 Å². The SMILES string of the molecule is COC(=O)C(C)=Cc1ccc(OC)nc1. The summed E-state index contributed by atoms with van der Waals surface area (Å²) >= 11 is 0. The Morgan fingerprint density at radius 3 is 2.60 bits per heavy atom. The summed E-state index contributed by atoms with van der Waals surface area (Å²) in [4.78, 5) is 15.1. The Morgan fingerprint density at radius 1 is 1.40 bits per heavy atom. The average Bonchev–Trinajstić information content (AvgIpc) is 2.29. The third-order valence-electron chi connectivity index (χ3n) is 1.86. The highest BCUT2D eigenvalue weighted by Gasteiger charge is 2.02. The molecule has 1 rings (SSSR count). The van der Waals surface area contributed by atoms with E-state index in [0.29, 0.717) is 11.5 Å². The molecule has 0 saturated heterocycles. The number of pyridine rings is 1. The molecule has 0 bridgehead atoms. The zero-order valence-electron chi connectivity index (χ0n) is 8.98. The van der Waals surface area contributed by atoms with Crippen LogP contribution in [0.5, 0.6) is 5.88 Å². The highest BCUT2D eigenvalue weighted by molar-refractivity contribution is 5.92. The zero-order chi connectivity index (χ0) is 11.3. The first kappa shape index (κ1) is 11.2. The highest BCUT2D eigenvalue weighted by atomic mass is 16.5. The molecule has 0 aliphatic heterocycles. The molecule has 4 heteroatoms. The van der Waals surface area contributed by atoms with Crippen LogP contribution in [0.25, 0.3) is 6.08 Å². The van der Waals surface area contributed by atoms with Crippen LogP contribution in [0.2, 0.25) is 0 Å². The van der Waals surface area contributed by atoms with Crippen molar-refractivity contribution in [1.29, 1.82) is 0 Å². The fraction of sp³-hybridized carbons (Fsp3) is 0.273. The summed E-state index contributed by atoms with van der Waals surface area (Å²) in [6, 6.07) is 3.55. The number of nitrogens with zero attached hydrogens (tertiary/aromatic N) is 1. The number of ether oxygens (including phenoxy) is 2.